The molecule has 0 spiro atoms. The zero-order chi connectivity index (χ0) is 11.9. The van der Waals surface area contributed by atoms with E-state index >= 15 is 0 Å². The number of carboxylic acids is 1. The van der Waals surface area contributed by atoms with Crippen LogP contribution in [0.1, 0.15) is 28.9 Å². The van der Waals surface area contributed by atoms with Gasteiger partial charge in [-0.25, -0.2) is 9.48 Å². The summed E-state index contributed by atoms with van der Waals surface area (Å²) < 4.78 is 1.67. The lowest BCUT2D eigenvalue weighted by molar-refractivity contribution is 0.0690. The Morgan fingerprint density at radius 1 is 1.29 bits per heavy atom. The van der Waals surface area contributed by atoms with Crippen LogP contribution in [0.25, 0.3) is 0 Å². The van der Waals surface area contributed by atoms with Gasteiger partial charge >= 0.3 is 5.97 Å². The molecule has 0 unspecified atom stereocenters. The van der Waals surface area contributed by atoms with Gasteiger partial charge in [0.15, 0.2) is 5.69 Å². The number of hydrogen-bond acceptors (Lipinski definition) is 3. The van der Waals surface area contributed by atoms with E-state index in [1.807, 2.05) is 30.3 Å². The molecular formula is C12H11N3O2. The molecule has 1 aliphatic rings. The summed E-state index contributed by atoms with van der Waals surface area (Å²) in [7, 11) is 0. The maximum absolute atomic E-state index is 10.8. The molecule has 1 N–H and O–H groups in total. The molecule has 0 bridgehead atoms. The van der Waals surface area contributed by atoms with E-state index in [4.69, 9.17) is 5.11 Å². The lowest BCUT2D eigenvalue weighted by atomic mass is 10.1. The smallest absolute Gasteiger partial charge is 0.358 e. The minimum Gasteiger partial charge on any atom is -0.476 e. The Morgan fingerprint density at radius 3 is 2.53 bits per heavy atom. The molecule has 0 atom stereocenters. The number of nitrogens with zero attached hydrogens (tertiary/aromatic N) is 3. The molecule has 5 heteroatoms. The minimum atomic E-state index is -1.04. The molecule has 0 aliphatic heterocycles. The summed E-state index contributed by atoms with van der Waals surface area (Å²) in [5.41, 5.74) is 0.969. The van der Waals surface area contributed by atoms with Gasteiger partial charge in [-0.2, -0.15) is 0 Å². The molecule has 1 aliphatic carbocycles. The first-order chi connectivity index (χ1) is 8.22. The first kappa shape index (κ1) is 10.0. The quantitative estimate of drug-likeness (QED) is 0.866. The monoisotopic (exact) mass is 229 g/mol. The van der Waals surface area contributed by atoms with E-state index in [1.165, 1.54) is 6.20 Å². The van der Waals surface area contributed by atoms with Crippen LogP contribution in [-0.2, 0) is 5.54 Å². The van der Waals surface area contributed by atoms with Crippen molar-refractivity contribution in [3.8, 4) is 0 Å². The second-order valence-corrected chi connectivity index (χ2v) is 4.25. The zero-order valence-corrected chi connectivity index (χ0v) is 9.08. The average molecular weight is 229 g/mol. The van der Waals surface area contributed by atoms with Crippen molar-refractivity contribution in [1.29, 1.82) is 0 Å². The van der Waals surface area contributed by atoms with Gasteiger partial charge in [0.25, 0.3) is 0 Å². The molecule has 0 saturated heterocycles. The van der Waals surface area contributed by atoms with E-state index in [1.54, 1.807) is 4.68 Å². The van der Waals surface area contributed by atoms with Crippen molar-refractivity contribution in [2.24, 2.45) is 0 Å². The first-order valence-electron chi connectivity index (χ1n) is 5.44. The Hall–Kier alpha value is -2.17. The molecule has 5 nitrogen and oxygen atoms in total. The van der Waals surface area contributed by atoms with Gasteiger partial charge in [-0.15, -0.1) is 5.10 Å². The van der Waals surface area contributed by atoms with Crippen LogP contribution in [-0.4, -0.2) is 26.1 Å². The van der Waals surface area contributed by atoms with Gasteiger partial charge in [-0.05, 0) is 18.4 Å². The SMILES string of the molecule is O=C(O)c1cn(C2(c3ccccc3)CC2)nn1. The van der Waals surface area contributed by atoms with Crippen molar-refractivity contribution in [2.45, 2.75) is 18.4 Å². The topological polar surface area (TPSA) is 68.0 Å². The summed E-state index contributed by atoms with van der Waals surface area (Å²) >= 11 is 0. The van der Waals surface area contributed by atoms with Crippen molar-refractivity contribution < 1.29 is 9.90 Å². The van der Waals surface area contributed by atoms with Gasteiger partial charge in [-0.1, -0.05) is 35.5 Å². The van der Waals surface area contributed by atoms with Crippen molar-refractivity contribution in [2.75, 3.05) is 0 Å². The second-order valence-electron chi connectivity index (χ2n) is 4.25. The summed E-state index contributed by atoms with van der Waals surface area (Å²) in [6.45, 7) is 0. The van der Waals surface area contributed by atoms with E-state index in [0.29, 0.717) is 0 Å². The van der Waals surface area contributed by atoms with Crippen LogP contribution in [0.4, 0.5) is 0 Å². The number of benzene rings is 1. The Balaban J connectivity index is 2.01. The fraction of sp³-hybridized carbons (Fsp3) is 0.250. The lowest BCUT2D eigenvalue weighted by Crippen LogP contribution is -2.19. The standard InChI is InChI=1S/C12H11N3O2/c16-11(17)10-8-15(14-13-10)12(6-7-12)9-4-2-1-3-5-9/h1-5,8H,6-7H2,(H,16,17). The number of rotatable bonds is 3. The van der Waals surface area contributed by atoms with Crippen molar-refractivity contribution >= 4 is 5.97 Å². The fourth-order valence-corrected chi connectivity index (χ4v) is 2.09. The van der Waals surface area contributed by atoms with Gasteiger partial charge in [-0.3, -0.25) is 0 Å². The van der Waals surface area contributed by atoms with Crippen molar-refractivity contribution in [3.05, 3.63) is 47.8 Å². The predicted molar refractivity (Wildman–Crippen MR) is 59.7 cm³/mol. The van der Waals surface area contributed by atoms with E-state index in [9.17, 15) is 4.79 Å². The molecule has 1 fully saturated rings. The summed E-state index contributed by atoms with van der Waals surface area (Å²) in [5.74, 6) is -1.04. The average Bonchev–Trinajstić information content (AvgIpc) is 3.00. The van der Waals surface area contributed by atoms with Gasteiger partial charge in [0.2, 0.25) is 0 Å². The second kappa shape index (κ2) is 3.41. The highest BCUT2D eigenvalue weighted by Crippen LogP contribution is 2.48. The van der Waals surface area contributed by atoms with Crippen LogP contribution in [0.2, 0.25) is 0 Å². The van der Waals surface area contributed by atoms with Crippen LogP contribution >= 0.6 is 0 Å². The maximum atomic E-state index is 10.8. The maximum Gasteiger partial charge on any atom is 0.358 e. The largest absolute Gasteiger partial charge is 0.476 e. The summed E-state index contributed by atoms with van der Waals surface area (Å²) in [4.78, 5) is 10.8. The van der Waals surface area contributed by atoms with Gasteiger partial charge in [0.1, 0.15) is 0 Å². The molecule has 1 aromatic heterocycles. The Morgan fingerprint density at radius 2 is 2.00 bits per heavy atom. The number of carbonyl (C=O) groups is 1. The third-order valence-electron chi connectivity index (χ3n) is 3.19. The summed E-state index contributed by atoms with van der Waals surface area (Å²) in [5, 5.41) is 16.4. The molecular weight excluding hydrogens is 218 g/mol. The number of aromatic nitrogens is 3. The Kier molecular flexibility index (Phi) is 2.01. The summed E-state index contributed by atoms with van der Waals surface area (Å²) in [6.07, 6.45) is 3.45. The number of aromatic carboxylic acids is 1. The highest BCUT2D eigenvalue weighted by atomic mass is 16.4. The zero-order valence-electron chi connectivity index (χ0n) is 9.08. The van der Waals surface area contributed by atoms with E-state index in [-0.39, 0.29) is 11.2 Å². The first-order valence-corrected chi connectivity index (χ1v) is 5.44. The van der Waals surface area contributed by atoms with Gasteiger partial charge in [0, 0.05) is 0 Å². The molecule has 0 amide bonds. The van der Waals surface area contributed by atoms with Crippen LogP contribution in [0.5, 0.6) is 0 Å². The van der Waals surface area contributed by atoms with Crippen molar-refractivity contribution in [1.82, 2.24) is 15.0 Å². The molecule has 17 heavy (non-hydrogen) atoms. The van der Waals surface area contributed by atoms with E-state index in [0.717, 1.165) is 18.4 Å². The third-order valence-corrected chi connectivity index (χ3v) is 3.19. The molecule has 1 saturated carbocycles. The normalized spacial score (nSPS) is 16.7. The van der Waals surface area contributed by atoms with Crippen LogP contribution in [0.3, 0.4) is 0 Å². The van der Waals surface area contributed by atoms with E-state index in [2.05, 4.69) is 10.3 Å². The van der Waals surface area contributed by atoms with Gasteiger partial charge in [0.05, 0.1) is 11.7 Å². The molecule has 2 aromatic rings. The van der Waals surface area contributed by atoms with Gasteiger partial charge < -0.3 is 5.11 Å². The minimum absolute atomic E-state index is 0.00722. The fourth-order valence-electron chi connectivity index (χ4n) is 2.09. The van der Waals surface area contributed by atoms with Crippen LogP contribution in [0, 0.1) is 0 Å². The third kappa shape index (κ3) is 1.51. The molecule has 1 aromatic carbocycles. The molecule has 1 heterocycles. The summed E-state index contributed by atoms with van der Waals surface area (Å²) in [6, 6.07) is 9.99. The van der Waals surface area contributed by atoms with Crippen LogP contribution < -0.4 is 0 Å². The van der Waals surface area contributed by atoms with E-state index < -0.39 is 5.97 Å². The number of carboxylic acid groups (broad SMARTS) is 1. The predicted octanol–water partition coefficient (Wildman–Crippen LogP) is 1.51. The number of hydrogen-bond donors (Lipinski definition) is 1. The molecule has 0 radical (unpaired) electrons. The Bertz CT molecular complexity index is 558. The lowest BCUT2D eigenvalue weighted by Gasteiger charge is -2.15. The highest BCUT2D eigenvalue weighted by molar-refractivity contribution is 5.84. The van der Waals surface area contributed by atoms with Crippen molar-refractivity contribution in [3.63, 3.8) is 0 Å². The Labute approximate surface area is 97.7 Å². The molecule has 3 rings (SSSR count). The van der Waals surface area contributed by atoms with Crippen LogP contribution in [0.15, 0.2) is 36.5 Å². The molecule has 86 valence electrons. The highest BCUT2D eigenvalue weighted by Gasteiger charge is 2.47.